The molecule has 1 unspecified atom stereocenters. The molecular weight excluding hydrogens is 214 g/mol. The molecule has 4 nitrogen and oxygen atoms in total. The van der Waals surface area contributed by atoms with E-state index in [1.165, 1.54) is 11.3 Å². The predicted molar refractivity (Wildman–Crippen MR) is 59.9 cm³/mol. The molecule has 0 aliphatic heterocycles. The van der Waals surface area contributed by atoms with Crippen molar-refractivity contribution in [3.05, 3.63) is 22.4 Å². The summed E-state index contributed by atoms with van der Waals surface area (Å²) >= 11 is 1.51. The molecule has 0 aromatic carbocycles. The van der Waals surface area contributed by atoms with Gasteiger partial charge in [0.2, 0.25) is 0 Å². The topological polar surface area (TPSA) is 63.9 Å². The second kappa shape index (κ2) is 6.92. The second-order valence-corrected chi connectivity index (χ2v) is 4.26. The van der Waals surface area contributed by atoms with Crippen LogP contribution in [0.25, 0.3) is 0 Å². The third-order valence-corrected chi connectivity index (χ3v) is 3.11. The number of rotatable bonds is 7. The van der Waals surface area contributed by atoms with E-state index in [-0.39, 0.29) is 13.2 Å². The van der Waals surface area contributed by atoms with Crippen LogP contribution in [0.2, 0.25) is 0 Å². The Bertz CT molecular complexity index is 247. The maximum absolute atomic E-state index is 9.84. The lowest BCUT2D eigenvalue weighted by atomic mass is 10.2. The summed E-state index contributed by atoms with van der Waals surface area (Å²) in [5.74, 6) is 0. The normalized spacial score (nSPS) is 13.3. The molecule has 0 radical (unpaired) electrons. The number of aliphatic hydroxyl groups is 3. The Hall–Kier alpha value is -0.460. The SMILES string of the molecule is OCCN(CCO)CC(O)c1cccs1. The lowest BCUT2D eigenvalue weighted by Gasteiger charge is -2.22. The smallest absolute Gasteiger partial charge is 0.101 e. The van der Waals surface area contributed by atoms with Crippen molar-refractivity contribution < 1.29 is 15.3 Å². The van der Waals surface area contributed by atoms with Crippen LogP contribution >= 0.6 is 11.3 Å². The zero-order valence-corrected chi connectivity index (χ0v) is 9.36. The standard InChI is InChI=1S/C10H17NO3S/c12-5-3-11(4-6-13)8-9(14)10-2-1-7-15-10/h1-2,7,9,12-14H,3-6,8H2. The minimum absolute atomic E-state index is 0.0388. The molecule has 1 heterocycles. The largest absolute Gasteiger partial charge is 0.395 e. The number of nitrogens with zero attached hydrogens (tertiary/aromatic N) is 1. The highest BCUT2D eigenvalue weighted by atomic mass is 32.1. The summed E-state index contributed by atoms with van der Waals surface area (Å²) in [7, 11) is 0. The molecule has 3 N–H and O–H groups in total. The molecule has 5 heteroatoms. The number of aliphatic hydroxyl groups excluding tert-OH is 3. The van der Waals surface area contributed by atoms with Crippen molar-refractivity contribution in [1.29, 1.82) is 0 Å². The van der Waals surface area contributed by atoms with Gasteiger partial charge in [-0.15, -0.1) is 11.3 Å². The van der Waals surface area contributed by atoms with Crippen molar-refractivity contribution in [2.24, 2.45) is 0 Å². The molecule has 0 amide bonds. The Kier molecular flexibility index (Phi) is 5.82. The Morgan fingerprint density at radius 1 is 1.27 bits per heavy atom. The third-order valence-electron chi connectivity index (χ3n) is 2.14. The van der Waals surface area contributed by atoms with Crippen LogP contribution in [0.3, 0.4) is 0 Å². The molecule has 0 spiro atoms. The van der Waals surface area contributed by atoms with Crippen LogP contribution in [0.5, 0.6) is 0 Å². The molecule has 0 aliphatic carbocycles. The lowest BCUT2D eigenvalue weighted by molar-refractivity contribution is 0.0893. The van der Waals surface area contributed by atoms with Gasteiger partial charge in [0, 0.05) is 24.5 Å². The fourth-order valence-electron chi connectivity index (χ4n) is 1.39. The monoisotopic (exact) mass is 231 g/mol. The molecule has 0 saturated heterocycles. The summed E-state index contributed by atoms with van der Waals surface area (Å²) in [5.41, 5.74) is 0. The average Bonchev–Trinajstić information content (AvgIpc) is 2.71. The lowest BCUT2D eigenvalue weighted by Crippen LogP contribution is -2.33. The zero-order valence-electron chi connectivity index (χ0n) is 8.54. The summed E-state index contributed by atoms with van der Waals surface area (Å²) in [6, 6.07) is 3.77. The van der Waals surface area contributed by atoms with E-state index < -0.39 is 6.10 Å². The van der Waals surface area contributed by atoms with Crippen molar-refractivity contribution in [1.82, 2.24) is 4.90 Å². The Labute approximate surface area is 93.4 Å². The first-order valence-electron chi connectivity index (χ1n) is 4.93. The average molecular weight is 231 g/mol. The molecule has 1 aromatic heterocycles. The molecular formula is C10H17NO3S. The quantitative estimate of drug-likeness (QED) is 0.621. The number of hydrogen-bond acceptors (Lipinski definition) is 5. The van der Waals surface area contributed by atoms with Crippen LogP contribution in [0, 0.1) is 0 Å². The van der Waals surface area contributed by atoms with Crippen molar-refractivity contribution in [2.45, 2.75) is 6.10 Å². The second-order valence-electron chi connectivity index (χ2n) is 3.28. The van der Waals surface area contributed by atoms with Gasteiger partial charge < -0.3 is 15.3 Å². The fraction of sp³-hybridized carbons (Fsp3) is 0.600. The van der Waals surface area contributed by atoms with Crippen molar-refractivity contribution >= 4 is 11.3 Å². The van der Waals surface area contributed by atoms with Crippen LogP contribution < -0.4 is 0 Å². The Morgan fingerprint density at radius 3 is 2.40 bits per heavy atom. The van der Waals surface area contributed by atoms with E-state index in [0.29, 0.717) is 19.6 Å². The maximum atomic E-state index is 9.84. The first-order chi connectivity index (χ1) is 7.27. The van der Waals surface area contributed by atoms with Crippen LogP contribution in [0.4, 0.5) is 0 Å². The molecule has 0 saturated carbocycles. The van der Waals surface area contributed by atoms with Crippen molar-refractivity contribution in [3.8, 4) is 0 Å². The van der Waals surface area contributed by atoms with E-state index in [9.17, 15) is 5.11 Å². The first-order valence-corrected chi connectivity index (χ1v) is 5.81. The summed E-state index contributed by atoms with van der Waals surface area (Å²) in [4.78, 5) is 2.75. The van der Waals surface area contributed by atoms with Crippen molar-refractivity contribution in [3.63, 3.8) is 0 Å². The summed E-state index contributed by atoms with van der Waals surface area (Å²) in [5, 5.41) is 29.4. The molecule has 0 aliphatic rings. The van der Waals surface area contributed by atoms with Gasteiger partial charge in [-0.05, 0) is 11.4 Å². The highest BCUT2D eigenvalue weighted by Crippen LogP contribution is 2.19. The van der Waals surface area contributed by atoms with E-state index in [2.05, 4.69) is 0 Å². The van der Waals surface area contributed by atoms with Crippen LogP contribution in [0.1, 0.15) is 11.0 Å². The van der Waals surface area contributed by atoms with Gasteiger partial charge in [0.15, 0.2) is 0 Å². The van der Waals surface area contributed by atoms with E-state index in [4.69, 9.17) is 10.2 Å². The predicted octanol–water partition coefficient (Wildman–Crippen LogP) is 0.0681. The maximum Gasteiger partial charge on any atom is 0.101 e. The summed E-state index contributed by atoms with van der Waals surface area (Å²) in [6.07, 6.45) is -0.539. The van der Waals surface area contributed by atoms with E-state index in [1.807, 2.05) is 22.4 Å². The molecule has 0 bridgehead atoms. The molecule has 1 atom stereocenters. The molecule has 1 rings (SSSR count). The van der Waals surface area contributed by atoms with E-state index in [1.54, 1.807) is 0 Å². The van der Waals surface area contributed by atoms with E-state index >= 15 is 0 Å². The zero-order chi connectivity index (χ0) is 11.1. The Balaban J connectivity index is 2.43. The minimum atomic E-state index is -0.539. The van der Waals surface area contributed by atoms with Gasteiger partial charge >= 0.3 is 0 Å². The minimum Gasteiger partial charge on any atom is -0.395 e. The summed E-state index contributed by atoms with van der Waals surface area (Å²) < 4.78 is 0. The molecule has 15 heavy (non-hydrogen) atoms. The number of hydrogen-bond donors (Lipinski definition) is 3. The molecule has 1 aromatic rings. The third kappa shape index (κ3) is 4.27. The molecule has 0 fully saturated rings. The Morgan fingerprint density at radius 2 is 1.93 bits per heavy atom. The van der Waals surface area contributed by atoms with Gasteiger partial charge in [0.05, 0.1) is 13.2 Å². The van der Waals surface area contributed by atoms with Crippen LogP contribution in [0.15, 0.2) is 17.5 Å². The van der Waals surface area contributed by atoms with Gasteiger partial charge in [-0.1, -0.05) is 6.07 Å². The fourth-order valence-corrected chi connectivity index (χ4v) is 2.10. The van der Waals surface area contributed by atoms with Crippen LogP contribution in [-0.4, -0.2) is 53.1 Å². The molecule has 86 valence electrons. The highest BCUT2D eigenvalue weighted by molar-refractivity contribution is 7.10. The van der Waals surface area contributed by atoms with E-state index in [0.717, 1.165) is 4.88 Å². The van der Waals surface area contributed by atoms with Crippen LogP contribution in [-0.2, 0) is 0 Å². The summed E-state index contributed by atoms with van der Waals surface area (Å²) in [6.45, 7) is 1.47. The number of thiophene rings is 1. The van der Waals surface area contributed by atoms with Gasteiger partial charge in [0.25, 0.3) is 0 Å². The van der Waals surface area contributed by atoms with Gasteiger partial charge in [0.1, 0.15) is 6.10 Å². The van der Waals surface area contributed by atoms with Crippen molar-refractivity contribution in [2.75, 3.05) is 32.8 Å². The first kappa shape index (κ1) is 12.6. The van der Waals surface area contributed by atoms with Gasteiger partial charge in [-0.25, -0.2) is 0 Å². The highest BCUT2D eigenvalue weighted by Gasteiger charge is 2.13. The van der Waals surface area contributed by atoms with Gasteiger partial charge in [-0.3, -0.25) is 4.90 Å². The van der Waals surface area contributed by atoms with Gasteiger partial charge in [-0.2, -0.15) is 0 Å².